The Kier molecular flexibility index (Phi) is 9.78. The van der Waals surface area contributed by atoms with Gasteiger partial charge in [-0.2, -0.15) is 0 Å². The largest absolute Gasteiger partial charge is 0.311 e. The van der Waals surface area contributed by atoms with E-state index in [-0.39, 0.29) is 10.8 Å². The summed E-state index contributed by atoms with van der Waals surface area (Å²) in [5.41, 5.74) is 23.3. The molecule has 0 radical (unpaired) electrons. The Bertz CT molecular complexity index is 3190. The number of rotatable bonds is 8. The molecule has 66 heavy (non-hydrogen) atoms. The second-order valence-electron chi connectivity index (χ2n) is 20.0. The fourth-order valence-electron chi connectivity index (χ4n) is 11.0. The van der Waals surface area contributed by atoms with Crippen molar-refractivity contribution in [2.24, 2.45) is 0 Å². The zero-order valence-corrected chi connectivity index (χ0v) is 39.1. The number of fused-ring (bicyclic) bond motifs is 6. The number of hydrogen-bond acceptors (Lipinski definition) is 2. The summed E-state index contributed by atoms with van der Waals surface area (Å²) in [5, 5.41) is 0. The minimum absolute atomic E-state index is 0.0319. The lowest BCUT2D eigenvalue weighted by atomic mass is 9.66. The summed E-state index contributed by atoms with van der Waals surface area (Å²) in [5.74, 6) is 0. The smallest absolute Gasteiger partial charge is 0.0713 e. The molecule has 0 saturated heterocycles. The third-order valence-corrected chi connectivity index (χ3v) is 14.4. The first-order chi connectivity index (χ1) is 31.9. The molecule has 2 heteroatoms. The van der Waals surface area contributed by atoms with Crippen LogP contribution in [-0.4, -0.2) is 0 Å². The van der Waals surface area contributed by atoms with Gasteiger partial charge in [0.2, 0.25) is 0 Å². The van der Waals surface area contributed by atoms with Gasteiger partial charge in [-0.15, -0.1) is 0 Å². The molecule has 0 N–H and O–H groups in total. The Hall–Kier alpha value is -7.42. The number of hydrogen-bond donors (Lipinski definition) is 0. The summed E-state index contributed by atoms with van der Waals surface area (Å²) in [6.45, 7) is 16.2. The summed E-state index contributed by atoms with van der Waals surface area (Å²) in [7, 11) is 0. The van der Waals surface area contributed by atoms with E-state index in [0.29, 0.717) is 0 Å². The quantitative estimate of drug-likeness (QED) is 0.150. The lowest BCUT2D eigenvalue weighted by Crippen LogP contribution is -2.29. The average molecular weight is 853 g/mol. The molecule has 2 nitrogen and oxygen atoms in total. The Labute approximate surface area is 391 Å². The van der Waals surface area contributed by atoms with Crippen molar-refractivity contribution in [2.75, 3.05) is 9.80 Å². The van der Waals surface area contributed by atoms with E-state index in [9.17, 15) is 0 Å². The summed E-state index contributed by atoms with van der Waals surface area (Å²) in [6.07, 6.45) is 0. The van der Waals surface area contributed by atoms with E-state index in [1.54, 1.807) is 0 Å². The lowest BCUT2D eigenvalue weighted by Gasteiger charge is -2.35. The Morgan fingerprint density at radius 3 is 1.12 bits per heavy atom. The highest BCUT2D eigenvalue weighted by Crippen LogP contribution is 2.60. The molecule has 1 atom stereocenters. The number of para-hydroxylation sites is 3. The second kappa shape index (κ2) is 15.6. The van der Waals surface area contributed by atoms with Crippen molar-refractivity contribution in [3.8, 4) is 22.3 Å². The van der Waals surface area contributed by atoms with Gasteiger partial charge >= 0.3 is 0 Å². The van der Waals surface area contributed by atoms with Crippen LogP contribution in [0.3, 0.4) is 0 Å². The van der Waals surface area contributed by atoms with E-state index in [4.69, 9.17) is 0 Å². The molecule has 2 aliphatic carbocycles. The summed E-state index contributed by atoms with van der Waals surface area (Å²) < 4.78 is 0. The Morgan fingerprint density at radius 2 is 0.667 bits per heavy atom. The molecule has 0 aromatic heterocycles. The lowest BCUT2D eigenvalue weighted by molar-refractivity contribution is 0.589. The second-order valence-corrected chi connectivity index (χ2v) is 20.0. The Morgan fingerprint density at radius 1 is 0.333 bits per heavy atom. The highest BCUT2D eigenvalue weighted by Gasteiger charge is 2.48. The van der Waals surface area contributed by atoms with Crippen molar-refractivity contribution >= 4 is 34.1 Å². The van der Waals surface area contributed by atoms with Crippen LogP contribution in [0.25, 0.3) is 22.3 Å². The molecular weight excluding hydrogens is 797 g/mol. The Balaban J connectivity index is 1.09. The van der Waals surface area contributed by atoms with Gasteiger partial charge in [0.15, 0.2) is 0 Å². The van der Waals surface area contributed by atoms with Crippen LogP contribution in [0, 0.1) is 13.8 Å². The van der Waals surface area contributed by atoms with Crippen molar-refractivity contribution in [3.63, 3.8) is 0 Å². The summed E-state index contributed by atoms with van der Waals surface area (Å²) in [6, 6.07) is 79.3. The van der Waals surface area contributed by atoms with Gasteiger partial charge in [-0.25, -0.2) is 0 Å². The molecule has 0 heterocycles. The van der Waals surface area contributed by atoms with E-state index in [1.807, 2.05) is 0 Å². The standard InChI is InChI=1S/C64H56N2/c1-43-23-37-54-56-42-61-57(41-59(56)63(6,7)58(54)39-43)55-38-24-44(2)40-60(55)64(61,46-27-25-45(26-28-46)62(3,4)5)47-29-31-51(32-30-47)66(50-21-15-10-16-22-50)53-35-33-52(34-36-53)65(48-17-11-8-12-18-48)49-19-13-9-14-20-49/h8-42H,1-7H3. The van der Waals surface area contributed by atoms with Gasteiger partial charge in [0, 0.05) is 39.5 Å². The zero-order valence-electron chi connectivity index (χ0n) is 39.1. The maximum atomic E-state index is 2.57. The number of aryl methyl sites for hydroxylation is 2. The third-order valence-electron chi connectivity index (χ3n) is 14.4. The highest BCUT2D eigenvalue weighted by molar-refractivity contribution is 5.93. The van der Waals surface area contributed by atoms with Gasteiger partial charge in [0.25, 0.3) is 0 Å². The molecule has 322 valence electrons. The van der Waals surface area contributed by atoms with Crippen LogP contribution < -0.4 is 9.80 Å². The van der Waals surface area contributed by atoms with Crippen LogP contribution in [-0.2, 0) is 16.2 Å². The maximum absolute atomic E-state index is 2.57. The molecule has 11 rings (SSSR count). The fraction of sp³-hybridized carbons (Fsp3) is 0.156. The molecule has 0 saturated carbocycles. The van der Waals surface area contributed by atoms with Gasteiger partial charge in [0.1, 0.15) is 0 Å². The predicted molar refractivity (Wildman–Crippen MR) is 279 cm³/mol. The SMILES string of the molecule is Cc1ccc2c(c1)C(C)(C)c1cc3c(cc1-2)C(c1ccc(N(c2ccccc2)c2ccc(N(c4ccccc4)c4ccccc4)cc2)cc1)(c1ccc(C(C)(C)C)cc1)c1cc(C)ccc1-3. The molecule has 9 aromatic rings. The number of nitrogens with zero attached hydrogens (tertiary/aromatic N) is 2. The van der Waals surface area contributed by atoms with Crippen molar-refractivity contribution in [3.05, 3.63) is 262 Å². The van der Waals surface area contributed by atoms with E-state index in [0.717, 1.165) is 34.1 Å². The topological polar surface area (TPSA) is 6.48 Å². The molecule has 0 spiro atoms. The van der Waals surface area contributed by atoms with Crippen molar-refractivity contribution in [1.82, 2.24) is 0 Å². The monoisotopic (exact) mass is 852 g/mol. The molecule has 2 aliphatic rings. The van der Waals surface area contributed by atoms with Crippen LogP contribution in [0.2, 0.25) is 0 Å². The molecule has 9 aromatic carbocycles. The molecule has 0 bridgehead atoms. The first kappa shape index (κ1) is 41.3. The zero-order chi connectivity index (χ0) is 45.4. The van der Waals surface area contributed by atoms with Crippen LogP contribution in [0.4, 0.5) is 34.1 Å². The first-order valence-electron chi connectivity index (χ1n) is 23.4. The summed E-state index contributed by atoms with van der Waals surface area (Å²) in [4.78, 5) is 4.69. The first-order valence-corrected chi connectivity index (χ1v) is 23.4. The van der Waals surface area contributed by atoms with Gasteiger partial charge in [-0.3, -0.25) is 0 Å². The molecule has 1 unspecified atom stereocenters. The van der Waals surface area contributed by atoms with Crippen LogP contribution in [0.1, 0.15) is 84.7 Å². The van der Waals surface area contributed by atoms with E-state index in [1.165, 1.54) is 72.3 Å². The summed E-state index contributed by atoms with van der Waals surface area (Å²) >= 11 is 0. The minimum Gasteiger partial charge on any atom is -0.311 e. The van der Waals surface area contributed by atoms with Gasteiger partial charge in [-0.05, 0) is 165 Å². The van der Waals surface area contributed by atoms with Crippen LogP contribution in [0.15, 0.2) is 212 Å². The fourth-order valence-corrected chi connectivity index (χ4v) is 11.0. The third kappa shape index (κ3) is 6.61. The van der Waals surface area contributed by atoms with Gasteiger partial charge in [0.05, 0.1) is 5.41 Å². The van der Waals surface area contributed by atoms with Crippen molar-refractivity contribution in [1.29, 1.82) is 0 Å². The average Bonchev–Trinajstić information content (AvgIpc) is 3.73. The normalized spacial score (nSPS) is 15.4. The molecule has 0 fully saturated rings. The number of benzene rings is 9. The van der Waals surface area contributed by atoms with Gasteiger partial charge in [-0.1, -0.05) is 173 Å². The number of anilines is 6. The van der Waals surface area contributed by atoms with E-state index in [2.05, 4.69) is 271 Å². The molecule has 0 aliphatic heterocycles. The maximum Gasteiger partial charge on any atom is 0.0713 e. The molecular formula is C64H56N2. The van der Waals surface area contributed by atoms with E-state index >= 15 is 0 Å². The van der Waals surface area contributed by atoms with Gasteiger partial charge < -0.3 is 9.80 Å². The minimum atomic E-state index is -0.560. The van der Waals surface area contributed by atoms with Crippen molar-refractivity contribution < 1.29 is 0 Å². The van der Waals surface area contributed by atoms with Crippen molar-refractivity contribution in [2.45, 2.75) is 64.7 Å². The van der Waals surface area contributed by atoms with E-state index < -0.39 is 5.41 Å². The predicted octanol–water partition coefficient (Wildman–Crippen LogP) is 17.2. The molecule has 0 amide bonds. The van der Waals surface area contributed by atoms with Crippen LogP contribution >= 0.6 is 0 Å². The highest BCUT2D eigenvalue weighted by atomic mass is 15.2. The van der Waals surface area contributed by atoms with Crippen LogP contribution in [0.5, 0.6) is 0 Å².